The van der Waals surface area contributed by atoms with Crippen LogP contribution in [0.15, 0.2) is 18.2 Å². The van der Waals surface area contributed by atoms with Gasteiger partial charge < -0.3 is 9.47 Å². The number of aryl methyl sites for hydroxylation is 1. The van der Waals surface area contributed by atoms with Crippen molar-refractivity contribution in [3.05, 3.63) is 29.3 Å². The number of benzene rings is 1. The molecule has 1 heterocycles. The molecule has 1 aliphatic rings. The van der Waals surface area contributed by atoms with Gasteiger partial charge in [-0.1, -0.05) is 26.0 Å². The fraction of sp³-hybridized carbons (Fsp3) is 0.562. The predicted molar refractivity (Wildman–Crippen MR) is 74.3 cm³/mol. The summed E-state index contributed by atoms with van der Waals surface area (Å²) in [4.78, 5) is 0. The monoisotopic (exact) mass is 259 g/mol. The van der Waals surface area contributed by atoms with Gasteiger partial charge in [0.25, 0.3) is 0 Å². The molecule has 102 valence electrons. The van der Waals surface area contributed by atoms with Gasteiger partial charge in [-0.25, -0.2) is 0 Å². The summed E-state index contributed by atoms with van der Waals surface area (Å²) >= 11 is 0. The van der Waals surface area contributed by atoms with Crippen LogP contribution in [0.2, 0.25) is 0 Å². The molecule has 1 unspecified atom stereocenters. The maximum atomic E-state index is 9.43. The summed E-state index contributed by atoms with van der Waals surface area (Å²) in [7, 11) is 1.69. The van der Waals surface area contributed by atoms with Crippen molar-refractivity contribution in [1.82, 2.24) is 0 Å². The van der Waals surface area contributed by atoms with E-state index in [0.29, 0.717) is 13.2 Å². The Morgan fingerprint density at radius 3 is 2.58 bits per heavy atom. The number of methoxy groups -OCH3 is 1. The molecule has 1 aliphatic heterocycles. The van der Waals surface area contributed by atoms with Crippen LogP contribution < -0.4 is 4.74 Å². The van der Waals surface area contributed by atoms with Crippen LogP contribution in [-0.4, -0.2) is 20.3 Å². The minimum Gasteiger partial charge on any atom is -0.496 e. The Hall–Kier alpha value is -1.53. The summed E-state index contributed by atoms with van der Waals surface area (Å²) in [6, 6.07) is 8.73. The number of rotatable bonds is 5. The van der Waals surface area contributed by atoms with Crippen LogP contribution in [0.5, 0.6) is 5.75 Å². The Bertz CT molecular complexity index is 486. The number of hydrogen-bond donors (Lipinski definition) is 0. The van der Waals surface area contributed by atoms with E-state index in [-0.39, 0.29) is 11.3 Å². The van der Waals surface area contributed by atoms with Crippen LogP contribution in [0.1, 0.15) is 31.4 Å². The number of hydrogen-bond acceptors (Lipinski definition) is 3. The molecule has 3 nitrogen and oxygen atoms in total. The SMILES string of the molecule is CCc1ccc(OC)c(C2(C(C#N)CC)COC2)c1. The van der Waals surface area contributed by atoms with Crippen molar-refractivity contribution in [3.63, 3.8) is 0 Å². The molecule has 1 aromatic rings. The van der Waals surface area contributed by atoms with Crippen molar-refractivity contribution in [2.24, 2.45) is 5.92 Å². The fourth-order valence-electron chi connectivity index (χ4n) is 2.84. The first kappa shape index (κ1) is 13.9. The van der Waals surface area contributed by atoms with E-state index in [0.717, 1.165) is 24.2 Å². The molecule has 1 saturated heterocycles. The number of nitrogens with zero attached hydrogens (tertiary/aromatic N) is 1. The van der Waals surface area contributed by atoms with E-state index < -0.39 is 0 Å². The van der Waals surface area contributed by atoms with Gasteiger partial charge in [0.05, 0.1) is 37.7 Å². The highest BCUT2D eigenvalue weighted by Gasteiger charge is 2.48. The van der Waals surface area contributed by atoms with Gasteiger partial charge in [0.2, 0.25) is 0 Å². The Kier molecular flexibility index (Phi) is 4.11. The van der Waals surface area contributed by atoms with Gasteiger partial charge in [0, 0.05) is 5.56 Å². The molecule has 2 rings (SSSR count). The lowest BCUT2D eigenvalue weighted by molar-refractivity contribution is -0.0813. The van der Waals surface area contributed by atoms with Crippen molar-refractivity contribution >= 4 is 0 Å². The highest BCUT2D eigenvalue weighted by molar-refractivity contribution is 5.45. The Morgan fingerprint density at radius 2 is 2.16 bits per heavy atom. The molecule has 1 fully saturated rings. The van der Waals surface area contributed by atoms with Gasteiger partial charge in [-0.05, 0) is 24.5 Å². The number of ether oxygens (including phenoxy) is 2. The first-order valence-electron chi connectivity index (χ1n) is 6.86. The maximum absolute atomic E-state index is 9.43. The molecule has 0 amide bonds. The molecule has 3 heteroatoms. The van der Waals surface area contributed by atoms with E-state index in [9.17, 15) is 5.26 Å². The summed E-state index contributed by atoms with van der Waals surface area (Å²) in [5.74, 6) is 0.844. The van der Waals surface area contributed by atoms with E-state index in [2.05, 4.69) is 32.0 Å². The zero-order chi connectivity index (χ0) is 13.9. The zero-order valence-corrected chi connectivity index (χ0v) is 11.9. The second kappa shape index (κ2) is 5.63. The van der Waals surface area contributed by atoms with Gasteiger partial charge >= 0.3 is 0 Å². The van der Waals surface area contributed by atoms with Gasteiger partial charge in [0.15, 0.2) is 0 Å². The summed E-state index contributed by atoms with van der Waals surface area (Å²) in [5.41, 5.74) is 2.21. The Morgan fingerprint density at radius 1 is 1.42 bits per heavy atom. The van der Waals surface area contributed by atoms with E-state index in [1.165, 1.54) is 5.56 Å². The summed E-state index contributed by atoms with van der Waals surface area (Å²) in [6.07, 6.45) is 1.82. The first-order valence-corrected chi connectivity index (χ1v) is 6.86. The summed E-state index contributed by atoms with van der Waals surface area (Å²) < 4.78 is 10.9. The standard InChI is InChI=1S/C16H21NO2/c1-4-12-6-7-15(18-3)14(8-12)16(10-19-11-16)13(5-2)9-17/h6-8,13H,4-5,10-11H2,1-3H3. The van der Waals surface area contributed by atoms with E-state index in [4.69, 9.17) is 9.47 Å². The Balaban J connectivity index is 2.51. The number of nitriles is 1. The lowest BCUT2D eigenvalue weighted by atomic mass is 9.67. The third-order valence-corrected chi connectivity index (χ3v) is 4.16. The molecule has 0 spiro atoms. The largest absolute Gasteiger partial charge is 0.496 e. The second-order valence-electron chi connectivity index (χ2n) is 5.13. The second-order valence-corrected chi connectivity index (χ2v) is 5.13. The molecular weight excluding hydrogens is 238 g/mol. The average Bonchev–Trinajstić information content (AvgIpc) is 2.42. The third kappa shape index (κ3) is 2.21. The molecule has 0 saturated carbocycles. The highest BCUT2D eigenvalue weighted by Crippen LogP contribution is 2.45. The Labute approximate surface area is 115 Å². The lowest BCUT2D eigenvalue weighted by Gasteiger charge is -2.45. The molecular formula is C16H21NO2. The third-order valence-electron chi connectivity index (χ3n) is 4.16. The van der Waals surface area contributed by atoms with Gasteiger partial charge in [-0.15, -0.1) is 0 Å². The van der Waals surface area contributed by atoms with Gasteiger partial charge in [-0.2, -0.15) is 5.26 Å². The van der Waals surface area contributed by atoms with Gasteiger partial charge in [0.1, 0.15) is 5.75 Å². The van der Waals surface area contributed by atoms with E-state index >= 15 is 0 Å². The van der Waals surface area contributed by atoms with Crippen LogP contribution in [0.4, 0.5) is 0 Å². The quantitative estimate of drug-likeness (QED) is 0.816. The molecule has 0 N–H and O–H groups in total. The molecule has 19 heavy (non-hydrogen) atoms. The van der Waals surface area contributed by atoms with Crippen LogP contribution in [0, 0.1) is 17.2 Å². The fourth-order valence-corrected chi connectivity index (χ4v) is 2.84. The van der Waals surface area contributed by atoms with E-state index in [1.807, 2.05) is 6.07 Å². The topological polar surface area (TPSA) is 42.2 Å². The van der Waals surface area contributed by atoms with E-state index in [1.54, 1.807) is 7.11 Å². The molecule has 0 aromatic heterocycles. The van der Waals surface area contributed by atoms with Crippen LogP contribution in [-0.2, 0) is 16.6 Å². The van der Waals surface area contributed by atoms with Crippen molar-refractivity contribution in [3.8, 4) is 11.8 Å². The van der Waals surface area contributed by atoms with Crippen molar-refractivity contribution in [2.75, 3.05) is 20.3 Å². The normalized spacial score (nSPS) is 18.2. The minimum atomic E-state index is -0.194. The summed E-state index contributed by atoms with van der Waals surface area (Å²) in [5, 5.41) is 9.43. The van der Waals surface area contributed by atoms with Crippen molar-refractivity contribution < 1.29 is 9.47 Å². The van der Waals surface area contributed by atoms with Crippen molar-refractivity contribution in [2.45, 2.75) is 32.1 Å². The molecule has 0 radical (unpaired) electrons. The predicted octanol–water partition coefficient (Wildman–Crippen LogP) is 3.08. The molecule has 1 atom stereocenters. The smallest absolute Gasteiger partial charge is 0.122 e. The molecule has 0 aliphatic carbocycles. The zero-order valence-electron chi connectivity index (χ0n) is 11.9. The minimum absolute atomic E-state index is 0.0257. The lowest BCUT2D eigenvalue weighted by Crippen LogP contribution is -2.52. The van der Waals surface area contributed by atoms with Crippen LogP contribution >= 0.6 is 0 Å². The molecule has 0 bridgehead atoms. The maximum Gasteiger partial charge on any atom is 0.122 e. The average molecular weight is 259 g/mol. The highest BCUT2D eigenvalue weighted by atomic mass is 16.5. The molecule has 1 aromatic carbocycles. The summed E-state index contributed by atoms with van der Waals surface area (Å²) in [6.45, 7) is 5.42. The van der Waals surface area contributed by atoms with Gasteiger partial charge in [-0.3, -0.25) is 0 Å². The van der Waals surface area contributed by atoms with Crippen LogP contribution in [0.25, 0.3) is 0 Å². The first-order chi connectivity index (χ1) is 9.21. The van der Waals surface area contributed by atoms with Crippen LogP contribution in [0.3, 0.4) is 0 Å². The van der Waals surface area contributed by atoms with Crippen molar-refractivity contribution in [1.29, 1.82) is 5.26 Å².